The summed E-state index contributed by atoms with van der Waals surface area (Å²) >= 11 is 9.38. The lowest BCUT2D eigenvalue weighted by atomic mass is 9.50. The molecule has 4 rings (SSSR count). The molecule has 140 valence electrons. The fourth-order valence-electron chi connectivity index (χ4n) is 5.32. The predicted octanol–water partition coefficient (Wildman–Crippen LogP) is 3.01. The second-order valence-electron chi connectivity index (χ2n) is 7.38. The van der Waals surface area contributed by atoms with Gasteiger partial charge in [-0.05, 0) is 25.2 Å². The van der Waals surface area contributed by atoms with E-state index in [4.69, 9.17) is 14.2 Å². The summed E-state index contributed by atoms with van der Waals surface area (Å²) in [5.41, 5.74) is -2.24. The van der Waals surface area contributed by atoms with Crippen molar-refractivity contribution in [2.24, 2.45) is 5.92 Å². The molecule has 0 amide bonds. The molecule has 4 bridgehead atoms. The largest absolute Gasteiger partial charge is 0.458 e. The van der Waals surface area contributed by atoms with Gasteiger partial charge in [0.2, 0.25) is 0 Å². The molecule has 0 N–H and O–H groups in total. The number of alkyl halides is 3. The van der Waals surface area contributed by atoms with Gasteiger partial charge in [-0.3, -0.25) is 14.4 Å². The van der Waals surface area contributed by atoms with Gasteiger partial charge in [0.15, 0.2) is 0 Å². The first-order valence-electron chi connectivity index (χ1n) is 8.11. The van der Waals surface area contributed by atoms with Crippen LogP contribution in [0.1, 0.15) is 38.5 Å². The Labute approximate surface area is 171 Å². The number of rotatable bonds is 6. The van der Waals surface area contributed by atoms with Crippen LogP contribution in [0, 0.1) is 5.92 Å². The Kier molecular flexibility index (Phi) is 5.58. The van der Waals surface area contributed by atoms with Crippen molar-refractivity contribution in [2.75, 3.05) is 16.0 Å². The molecule has 0 aliphatic heterocycles. The standard InChI is InChI=1S/C16H19Br3O6/c17-4-11(20)23-14-1-10-2-15(7-14,24-12(21)5-18)9-16(3-10,8-14)25-13(22)6-19/h10H,1-9H2. The van der Waals surface area contributed by atoms with Crippen molar-refractivity contribution in [1.29, 1.82) is 0 Å². The Bertz CT molecular complexity index is 506. The molecule has 4 aliphatic rings. The van der Waals surface area contributed by atoms with E-state index in [1.54, 1.807) is 0 Å². The number of carbonyl (C=O) groups is 3. The number of halogens is 3. The second-order valence-corrected chi connectivity index (χ2v) is 9.06. The molecule has 4 aliphatic carbocycles. The average molecular weight is 547 g/mol. The molecule has 0 aromatic rings. The zero-order valence-electron chi connectivity index (χ0n) is 13.5. The minimum atomic E-state index is -0.747. The Morgan fingerprint density at radius 3 is 1.20 bits per heavy atom. The van der Waals surface area contributed by atoms with Crippen LogP contribution in [-0.4, -0.2) is 50.7 Å². The van der Waals surface area contributed by atoms with Gasteiger partial charge < -0.3 is 14.2 Å². The van der Waals surface area contributed by atoms with Crippen LogP contribution in [0.4, 0.5) is 0 Å². The maximum absolute atomic E-state index is 12.0. The highest BCUT2D eigenvalue weighted by Gasteiger charge is 2.68. The monoisotopic (exact) mass is 544 g/mol. The van der Waals surface area contributed by atoms with E-state index in [0.717, 1.165) is 0 Å². The molecular weight excluding hydrogens is 528 g/mol. The van der Waals surface area contributed by atoms with Crippen LogP contribution in [0.15, 0.2) is 0 Å². The maximum atomic E-state index is 12.0. The van der Waals surface area contributed by atoms with Gasteiger partial charge in [0.1, 0.15) is 32.8 Å². The van der Waals surface area contributed by atoms with Crippen molar-refractivity contribution in [3.05, 3.63) is 0 Å². The Hall–Kier alpha value is -0.150. The summed E-state index contributed by atoms with van der Waals surface area (Å²) in [4.78, 5) is 35.9. The van der Waals surface area contributed by atoms with Crippen molar-refractivity contribution < 1.29 is 28.6 Å². The third-order valence-electron chi connectivity index (χ3n) is 5.23. The molecule has 0 heterocycles. The highest BCUT2D eigenvalue weighted by Crippen LogP contribution is 2.63. The number of hydrogen-bond donors (Lipinski definition) is 0. The highest BCUT2D eigenvalue weighted by molar-refractivity contribution is 9.09. The molecule has 9 heteroatoms. The number of ether oxygens (including phenoxy) is 3. The van der Waals surface area contributed by atoms with E-state index in [9.17, 15) is 14.4 Å². The molecular formula is C16H19Br3O6. The Morgan fingerprint density at radius 2 is 0.960 bits per heavy atom. The van der Waals surface area contributed by atoms with Gasteiger partial charge in [-0.2, -0.15) is 0 Å². The van der Waals surface area contributed by atoms with Crippen molar-refractivity contribution >= 4 is 65.7 Å². The van der Waals surface area contributed by atoms with E-state index in [-0.39, 0.29) is 39.8 Å². The topological polar surface area (TPSA) is 78.9 Å². The fourth-order valence-corrected chi connectivity index (χ4v) is 5.67. The smallest absolute Gasteiger partial charge is 0.317 e. The van der Waals surface area contributed by atoms with Gasteiger partial charge >= 0.3 is 17.9 Å². The van der Waals surface area contributed by atoms with E-state index in [2.05, 4.69) is 47.8 Å². The number of hydrogen-bond acceptors (Lipinski definition) is 6. The number of carbonyl (C=O) groups excluding carboxylic acids is 3. The number of esters is 3. The summed E-state index contributed by atoms with van der Waals surface area (Å²) in [6, 6.07) is 0. The van der Waals surface area contributed by atoms with Crippen LogP contribution in [0.3, 0.4) is 0 Å². The van der Waals surface area contributed by atoms with E-state index < -0.39 is 16.8 Å². The Balaban J connectivity index is 1.93. The van der Waals surface area contributed by atoms with E-state index in [1.807, 2.05) is 0 Å². The molecule has 0 unspecified atom stereocenters. The quantitative estimate of drug-likeness (QED) is 0.289. The summed E-state index contributed by atoms with van der Waals surface area (Å²) in [6.07, 6.45) is 3.53. The Morgan fingerprint density at radius 1 is 0.680 bits per heavy atom. The summed E-state index contributed by atoms with van der Waals surface area (Å²) in [6.45, 7) is 0. The van der Waals surface area contributed by atoms with Gasteiger partial charge in [0, 0.05) is 19.3 Å². The summed E-state index contributed by atoms with van der Waals surface area (Å²) in [5.74, 6) is -0.881. The third-order valence-corrected chi connectivity index (χ3v) is 6.61. The SMILES string of the molecule is O=C(CBr)OC12CC3CC(OC(=O)CBr)(C1)CC(OC(=O)CBr)(C3)C2. The highest BCUT2D eigenvalue weighted by atomic mass is 79.9. The maximum Gasteiger partial charge on any atom is 0.317 e. The average Bonchev–Trinajstić information content (AvgIpc) is 2.51. The molecule has 4 saturated carbocycles. The van der Waals surface area contributed by atoms with Gasteiger partial charge in [-0.25, -0.2) is 0 Å². The third kappa shape index (κ3) is 3.93. The zero-order chi connectivity index (χ0) is 18.3. The van der Waals surface area contributed by atoms with E-state index in [1.165, 1.54) is 0 Å². The normalized spacial score (nSPS) is 38.3. The minimum Gasteiger partial charge on any atom is -0.458 e. The van der Waals surface area contributed by atoms with Crippen molar-refractivity contribution in [3.63, 3.8) is 0 Å². The molecule has 25 heavy (non-hydrogen) atoms. The fraction of sp³-hybridized carbons (Fsp3) is 0.812. The van der Waals surface area contributed by atoms with Crippen LogP contribution in [0.5, 0.6) is 0 Å². The summed E-state index contributed by atoms with van der Waals surface area (Å²) < 4.78 is 17.4. The van der Waals surface area contributed by atoms with Crippen LogP contribution < -0.4 is 0 Å². The summed E-state index contributed by atoms with van der Waals surface area (Å²) in [7, 11) is 0. The lowest BCUT2D eigenvalue weighted by molar-refractivity contribution is -0.270. The molecule has 0 aromatic heterocycles. The van der Waals surface area contributed by atoms with E-state index >= 15 is 0 Å². The first-order valence-corrected chi connectivity index (χ1v) is 11.5. The van der Waals surface area contributed by atoms with Crippen LogP contribution >= 0.6 is 47.8 Å². The molecule has 6 nitrogen and oxygen atoms in total. The molecule has 0 aromatic carbocycles. The van der Waals surface area contributed by atoms with Crippen molar-refractivity contribution in [3.8, 4) is 0 Å². The van der Waals surface area contributed by atoms with Crippen LogP contribution in [-0.2, 0) is 28.6 Å². The van der Waals surface area contributed by atoms with Gasteiger partial charge in [-0.1, -0.05) is 47.8 Å². The van der Waals surface area contributed by atoms with Gasteiger partial charge in [0.05, 0.1) is 0 Å². The van der Waals surface area contributed by atoms with Crippen LogP contribution in [0.2, 0.25) is 0 Å². The second kappa shape index (κ2) is 7.11. The molecule has 4 fully saturated rings. The molecule has 0 saturated heterocycles. The van der Waals surface area contributed by atoms with Gasteiger partial charge in [0.25, 0.3) is 0 Å². The van der Waals surface area contributed by atoms with E-state index in [0.29, 0.717) is 38.5 Å². The lowest BCUT2D eigenvalue weighted by Crippen LogP contribution is -2.69. The molecule has 0 atom stereocenters. The first-order chi connectivity index (χ1) is 11.8. The van der Waals surface area contributed by atoms with Crippen molar-refractivity contribution in [1.82, 2.24) is 0 Å². The van der Waals surface area contributed by atoms with Crippen molar-refractivity contribution in [2.45, 2.75) is 55.3 Å². The minimum absolute atomic E-state index is 0.0990. The predicted molar refractivity (Wildman–Crippen MR) is 99.0 cm³/mol. The first kappa shape index (κ1) is 19.6. The summed E-state index contributed by atoms with van der Waals surface area (Å²) in [5, 5.41) is 0.297. The zero-order valence-corrected chi connectivity index (χ0v) is 18.3. The van der Waals surface area contributed by atoms with Gasteiger partial charge in [-0.15, -0.1) is 0 Å². The molecule has 0 radical (unpaired) electrons. The molecule has 0 spiro atoms. The lowest BCUT2D eigenvalue weighted by Gasteiger charge is -2.63. The van der Waals surface area contributed by atoms with Crippen LogP contribution in [0.25, 0.3) is 0 Å².